The quantitative estimate of drug-likeness (QED) is 0.149. The Bertz CT molecular complexity index is 1380. The van der Waals surface area contributed by atoms with Crippen molar-refractivity contribution in [1.82, 2.24) is 0 Å². The molecule has 4 fully saturated rings. The largest absolute Gasteiger partial charge is 0.462 e. The monoisotopic (exact) mass is 666 g/mol. The molecule has 7 rings (SSSR count). The van der Waals surface area contributed by atoms with E-state index in [0.717, 1.165) is 11.1 Å². The van der Waals surface area contributed by atoms with Gasteiger partial charge in [-0.25, -0.2) is 0 Å². The number of benzene rings is 2. The lowest BCUT2D eigenvalue weighted by Crippen LogP contribution is -2.62. The van der Waals surface area contributed by atoms with Gasteiger partial charge in [0.05, 0.1) is 32.0 Å². The van der Waals surface area contributed by atoms with Crippen molar-refractivity contribution in [3.8, 4) is 17.2 Å². The summed E-state index contributed by atoms with van der Waals surface area (Å²) < 4.78 is 45.3. The number of hydrogen-bond donors (Lipinski definition) is 8. The van der Waals surface area contributed by atoms with Crippen molar-refractivity contribution in [3.05, 3.63) is 53.6 Å². The molecule has 0 bridgehead atoms. The van der Waals surface area contributed by atoms with E-state index in [1.165, 1.54) is 0 Å². The van der Waals surface area contributed by atoms with Gasteiger partial charge in [0, 0.05) is 11.8 Å². The van der Waals surface area contributed by atoms with Crippen LogP contribution in [-0.2, 0) is 23.7 Å². The summed E-state index contributed by atoms with van der Waals surface area (Å²) in [6, 6.07) is 12.2. The molecule has 47 heavy (non-hydrogen) atoms. The topological polar surface area (TPSA) is 236 Å². The molecule has 16 nitrogen and oxygen atoms in total. The lowest BCUT2D eigenvalue weighted by Gasteiger charge is -2.42. The van der Waals surface area contributed by atoms with Gasteiger partial charge in [-0.15, -0.1) is 0 Å². The third kappa shape index (κ3) is 6.08. The number of ether oxygens (including phenoxy) is 8. The Hall–Kier alpha value is -2.68. The van der Waals surface area contributed by atoms with Crippen LogP contribution in [0.2, 0.25) is 0 Å². The highest BCUT2D eigenvalue weighted by Gasteiger charge is 2.53. The summed E-state index contributed by atoms with van der Waals surface area (Å²) in [5, 5.41) is 82.0. The first-order valence-electron chi connectivity index (χ1n) is 15.4. The Labute approximate surface area is 268 Å². The van der Waals surface area contributed by atoms with E-state index >= 15 is 0 Å². The van der Waals surface area contributed by atoms with Gasteiger partial charge in [-0.05, 0) is 35.4 Å². The molecule has 0 unspecified atom stereocenters. The van der Waals surface area contributed by atoms with Gasteiger partial charge in [0.25, 0.3) is 0 Å². The maximum absolute atomic E-state index is 10.9. The normalized spacial score (nSPS) is 42.8. The zero-order valence-corrected chi connectivity index (χ0v) is 24.9. The van der Waals surface area contributed by atoms with Gasteiger partial charge < -0.3 is 78.7 Å². The summed E-state index contributed by atoms with van der Waals surface area (Å²) in [6.07, 6.45) is -17.2. The van der Waals surface area contributed by atoms with E-state index in [0.29, 0.717) is 18.1 Å². The zero-order chi connectivity index (χ0) is 33.0. The molecule has 4 saturated heterocycles. The predicted octanol–water partition coefficient (Wildman–Crippen LogP) is -2.19. The molecule has 258 valence electrons. The molecule has 5 aliphatic rings. The lowest BCUT2D eigenvalue weighted by molar-refractivity contribution is -0.323. The van der Waals surface area contributed by atoms with Crippen LogP contribution in [-0.4, -0.2) is 135 Å². The van der Waals surface area contributed by atoms with E-state index in [2.05, 4.69) is 0 Å². The molecule has 16 heteroatoms. The molecular weight excluding hydrogens is 628 g/mol. The summed E-state index contributed by atoms with van der Waals surface area (Å²) in [7, 11) is 0. The average Bonchev–Trinajstić information content (AvgIpc) is 3.81. The standard InChI is InChI=1S/C31H38O16/c32-8-18-21(33)23(35)25(37)30(45-18)41-10-19-22(34)24(36)26(38)31(46-19)44-14-4-1-12(2-5-14)28-20-15(9-40-28)27(47-29(20)39)13-3-6-16-17(7-13)43-11-42-16/h1-7,15,18-39H,8-11H2/t15-,18+,19+,20-,21+,22+,23-,24-,25+,26+,27-,28-,29-,30-,31-/m0/s1. The third-order valence-electron chi connectivity index (χ3n) is 9.44. The van der Waals surface area contributed by atoms with E-state index < -0.39 is 93.1 Å². The highest BCUT2D eigenvalue weighted by atomic mass is 16.7. The van der Waals surface area contributed by atoms with Crippen LogP contribution in [0.5, 0.6) is 17.2 Å². The van der Waals surface area contributed by atoms with Crippen molar-refractivity contribution < 1.29 is 78.7 Å². The molecule has 0 aromatic heterocycles. The molecule has 5 aliphatic heterocycles. The number of aliphatic hydroxyl groups excluding tert-OH is 8. The van der Waals surface area contributed by atoms with Gasteiger partial charge in [0.1, 0.15) is 54.6 Å². The molecule has 2 aromatic carbocycles. The Morgan fingerprint density at radius 1 is 0.660 bits per heavy atom. The maximum Gasteiger partial charge on any atom is 0.231 e. The number of hydrogen-bond acceptors (Lipinski definition) is 16. The Kier molecular flexibility index (Phi) is 9.31. The fourth-order valence-corrected chi connectivity index (χ4v) is 6.80. The first-order chi connectivity index (χ1) is 22.6. The van der Waals surface area contributed by atoms with E-state index in [1.54, 1.807) is 24.3 Å². The van der Waals surface area contributed by atoms with Crippen molar-refractivity contribution in [2.24, 2.45) is 11.8 Å². The molecule has 5 heterocycles. The molecular formula is C31H38O16. The second kappa shape index (κ2) is 13.3. The highest BCUT2D eigenvalue weighted by Crippen LogP contribution is 2.53. The first-order valence-corrected chi connectivity index (χ1v) is 15.4. The van der Waals surface area contributed by atoms with Gasteiger partial charge >= 0.3 is 0 Å². The summed E-state index contributed by atoms with van der Waals surface area (Å²) in [5.74, 6) is 1.07. The van der Waals surface area contributed by atoms with Crippen molar-refractivity contribution in [2.45, 2.75) is 79.9 Å². The summed E-state index contributed by atoms with van der Waals surface area (Å²) in [4.78, 5) is 0. The van der Waals surface area contributed by atoms with Gasteiger partial charge in [-0.2, -0.15) is 0 Å². The SMILES string of the molecule is OC[C@H]1O[C@H](OC[C@H]2O[C@H](Oc3ccc([C@@H]4OC[C@H]5[C@@H]4[C@@H](O)O[C@H]5c4ccc5c(c4)OCO5)cc3)[C@H](O)[C@@H](O)[C@@H]2O)[C@H](O)[C@@H](O)[C@@H]1O. The molecule has 15 atom stereocenters. The first kappa shape index (κ1) is 32.8. The Morgan fingerprint density at radius 3 is 2.06 bits per heavy atom. The minimum absolute atomic E-state index is 0.118. The van der Waals surface area contributed by atoms with Crippen molar-refractivity contribution in [3.63, 3.8) is 0 Å². The van der Waals surface area contributed by atoms with Crippen LogP contribution in [0.15, 0.2) is 42.5 Å². The van der Waals surface area contributed by atoms with Crippen molar-refractivity contribution in [2.75, 3.05) is 26.6 Å². The van der Waals surface area contributed by atoms with Gasteiger partial charge in [-0.1, -0.05) is 18.2 Å². The zero-order valence-electron chi connectivity index (χ0n) is 24.9. The van der Waals surface area contributed by atoms with E-state index in [1.807, 2.05) is 18.2 Å². The molecule has 2 aromatic rings. The third-order valence-corrected chi connectivity index (χ3v) is 9.44. The summed E-state index contributed by atoms with van der Waals surface area (Å²) >= 11 is 0. The summed E-state index contributed by atoms with van der Waals surface area (Å²) in [5.41, 5.74) is 1.61. The van der Waals surface area contributed by atoms with Crippen LogP contribution in [0, 0.1) is 11.8 Å². The number of fused-ring (bicyclic) bond motifs is 2. The predicted molar refractivity (Wildman–Crippen MR) is 152 cm³/mol. The van der Waals surface area contributed by atoms with Gasteiger partial charge in [0.2, 0.25) is 13.1 Å². The lowest BCUT2D eigenvalue weighted by atomic mass is 9.84. The van der Waals surface area contributed by atoms with E-state index in [4.69, 9.17) is 37.9 Å². The Morgan fingerprint density at radius 2 is 1.32 bits per heavy atom. The fourth-order valence-electron chi connectivity index (χ4n) is 6.80. The van der Waals surface area contributed by atoms with Crippen molar-refractivity contribution >= 4 is 0 Å². The van der Waals surface area contributed by atoms with Gasteiger partial charge in [0.15, 0.2) is 24.1 Å². The molecule has 8 N–H and O–H groups in total. The number of aliphatic hydroxyl groups is 8. The molecule has 0 radical (unpaired) electrons. The second-order valence-electron chi connectivity index (χ2n) is 12.3. The summed E-state index contributed by atoms with van der Waals surface area (Å²) in [6.45, 7) is -0.625. The van der Waals surface area contributed by atoms with Crippen LogP contribution >= 0.6 is 0 Å². The maximum atomic E-state index is 10.9. The molecule has 0 amide bonds. The fraction of sp³-hybridized carbons (Fsp3) is 0.613. The second-order valence-corrected chi connectivity index (χ2v) is 12.3. The highest BCUT2D eigenvalue weighted by molar-refractivity contribution is 5.45. The smallest absolute Gasteiger partial charge is 0.231 e. The van der Waals surface area contributed by atoms with Crippen LogP contribution in [0.25, 0.3) is 0 Å². The minimum atomic E-state index is -1.69. The Balaban J connectivity index is 0.981. The van der Waals surface area contributed by atoms with Crippen LogP contribution in [0.4, 0.5) is 0 Å². The van der Waals surface area contributed by atoms with E-state index in [-0.39, 0.29) is 24.4 Å². The molecule has 0 saturated carbocycles. The number of rotatable bonds is 8. The molecule has 0 aliphatic carbocycles. The molecule has 0 spiro atoms. The van der Waals surface area contributed by atoms with Gasteiger partial charge in [-0.3, -0.25) is 0 Å². The van der Waals surface area contributed by atoms with E-state index in [9.17, 15) is 40.9 Å². The average molecular weight is 667 g/mol. The van der Waals surface area contributed by atoms with Crippen molar-refractivity contribution in [1.29, 1.82) is 0 Å². The van der Waals surface area contributed by atoms with Crippen LogP contribution < -0.4 is 14.2 Å². The minimum Gasteiger partial charge on any atom is -0.462 e. The van der Waals surface area contributed by atoms with Crippen LogP contribution in [0.3, 0.4) is 0 Å². The van der Waals surface area contributed by atoms with Crippen LogP contribution in [0.1, 0.15) is 23.3 Å².